The lowest BCUT2D eigenvalue weighted by Gasteiger charge is -2.15. The van der Waals surface area contributed by atoms with Gasteiger partial charge in [0.2, 0.25) is 5.91 Å². The van der Waals surface area contributed by atoms with Crippen molar-refractivity contribution in [3.05, 3.63) is 29.8 Å². The second-order valence-corrected chi connectivity index (χ2v) is 7.78. The molecule has 37 heavy (non-hydrogen) atoms. The van der Waals surface area contributed by atoms with Gasteiger partial charge in [-0.15, -0.1) is 5.92 Å². The molecule has 0 heterocycles. The largest absolute Gasteiger partial charge is 0.489 e. The molecule has 1 aromatic carbocycles. The third-order valence-corrected chi connectivity index (χ3v) is 4.31. The number of benzene rings is 1. The standard InChI is InChI=1S/C25H40N4O6.C2H6/c1-4-5-6-13-32-14-12-28-24(30)19-33-15-16-34-23(26)18-35-22-9-7-8-21(17-22)25(31)29-11-10-27-20(2)3;1-2/h7-9,17,20,23,27H,4,10-16,18-19,26H2,1-3H3,(H,28,30)(H,29,31);1-2H3. The average molecular weight is 523 g/mol. The zero-order valence-corrected chi connectivity index (χ0v) is 23.1. The molecule has 0 aliphatic carbocycles. The molecule has 0 radical (unpaired) electrons. The van der Waals surface area contributed by atoms with Crippen molar-refractivity contribution in [3.8, 4) is 17.6 Å². The number of rotatable bonds is 18. The van der Waals surface area contributed by atoms with Gasteiger partial charge in [0.05, 0.1) is 19.8 Å². The van der Waals surface area contributed by atoms with Crippen molar-refractivity contribution < 1.29 is 28.5 Å². The van der Waals surface area contributed by atoms with E-state index in [1.54, 1.807) is 24.3 Å². The number of carbonyl (C=O) groups excluding carboxylic acids is 2. The molecule has 10 nitrogen and oxygen atoms in total. The van der Waals surface area contributed by atoms with E-state index in [0.717, 1.165) is 6.42 Å². The molecule has 10 heteroatoms. The molecule has 5 N–H and O–H groups in total. The van der Waals surface area contributed by atoms with Crippen molar-refractivity contribution in [3.63, 3.8) is 0 Å². The SMILES string of the molecule is CC.CCC#CCOCCNC(=O)COCCOC(N)COc1cccc(C(=O)NCCNC(C)C)c1. The van der Waals surface area contributed by atoms with Crippen LogP contribution >= 0.6 is 0 Å². The molecule has 1 atom stereocenters. The summed E-state index contributed by atoms with van der Waals surface area (Å²) in [6, 6.07) is 7.23. The summed E-state index contributed by atoms with van der Waals surface area (Å²) in [6.45, 7) is 12.9. The Bertz CT molecular complexity index is 795. The highest BCUT2D eigenvalue weighted by Gasteiger charge is 2.09. The van der Waals surface area contributed by atoms with E-state index in [1.807, 2.05) is 34.6 Å². The van der Waals surface area contributed by atoms with E-state index in [2.05, 4.69) is 27.8 Å². The quantitative estimate of drug-likeness (QED) is 0.130. The van der Waals surface area contributed by atoms with Crippen LogP contribution in [0.15, 0.2) is 24.3 Å². The van der Waals surface area contributed by atoms with Crippen molar-refractivity contribution in [1.29, 1.82) is 0 Å². The topological polar surface area (TPSA) is 133 Å². The van der Waals surface area contributed by atoms with Crippen LogP contribution in [0.25, 0.3) is 0 Å². The molecule has 0 saturated heterocycles. The minimum Gasteiger partial charge on any atom is -0.489 e. The lowest BCUT2D eigenvalue weighted by Crippen LogP contribution is -2.34. The van der Waals surface area contributed by atoms with Crippen LogP contribution < -0.4 is 26.4 Å². The molecule has 1 rings (SSSR count). The summed E-state index contributed by atoms with van der Waals surface area (Å²) in [5, 5.41) is 8.79. The van der Waals surface area contributed by atoms with Crippen molar-refractivity contribution in [1.82, 2.24) is 16.0 Å². The second-order valence-electron chi connectivity index (χ2n) is 7.78. The van der Waals surface area contributed by atoms with Crippen LogP contribution in [0.1, 0.15) is 51.4 Å². The van der Waals surface area contributed by atoms with Gasteiger partial charge in [-0.1, -0.05) is 46.6 Å². The van der Waals surface area contributed by atoms with Crippen LogP contribution in [0.4, 0.5) is 0 Å². The van der Waals surface area contributed by atoms with Crippen molar-refractivity contribution in [2.75, 3.05) is 59.3 Å². The molecule has 0 fully saturated rings. The van der Waals surface area contributed by atoms with Gasteiger partial charge in [-0.2, -0.15) is 0 Å². The number of amides is 2. The Hall–Kier alpha value is -2.68. The minimum atomic E-state index is -0.681. The first-order valence-corrected chi connectivity index (χ1v) is 12.9. The van der Waals surface area contributed by atoms with Crippen LogP contribution in [0, 0.1) is 11.8 Å². The van der Waals surface area contributed by atoms with Crippen molar-refractivity contribution in [2.45, 2.75) is 53.3 Å². The Labute approximate surface area is 222 Å². The van der Waals surface area contributed by atoms with Gasteiger partial charge in [0.25, 0.3) is 5.91 Å². The number of nitrogens with two attached hydrogens (primary N) is 1. The summed E-state index contributed by atoms with van der Waals surface area (Å²) in [5.74, 6) is 5.87. The first-order chi connectivity index (χ1) is 17.9. The summed E-state index contributed by atoms with van der Waals surface area (Å²) in [4.78, 5) is 23.9. The Balaban J connectivity index is 0.00000631. The number of hydrogen-bond acceptors (Lipinski definition) is 8. The molecular formula is C27H46N4O6. The lowest BCUT2D eigenvalue weighted by atomic mass is 10.2. The predicted octanol–water partition coefficient (Wildman–Crippen LogP) is 1.68. The number of carbonyl (C=O) groups is 2. The van der Waals surface area contributed by atoms with E-state index in [1.165, 1.54) is 0 Å². The zero-order chi connectivity index (χ0) is 27.7. The number of hydrogen-bond donors (Lipinski definition) is 4. The van der Waals surface area contributed by atoms with Gasteiger partial charge in [0, 0.05) is 37.7 Å². The maximum Gasteiger partial charge on any atom is 0.251 e. The molecule has 0 saturated carbocycles. The highest BCUT2D eigenvalue weighted by molar-refractivity contribution is 5.94. The van der Waals surface area contributed by atoms with E-state index in [0.29, 0.717) is 50.2 Å². The third-order valence-electron chi connectivity index (χ3n) is 4.31. The van der Waals surface area contributed by atoms with Gasteiger partial charge >= 0.3 is 0 Å². The van der Waals surface area contributed by atoms with Crippen molar-refractivity contribution in [2.24, 2.45) is 5.73 Å². The molecule has 1 unspecified atom stereocenters. The maximum atomic E-state index is 12.3. The predicted molar refractivity (Wildman–Crippen MR) is 145 cm³/mol. The van der Waals surface area contributed by atoms with E-state index in [4.69, 9.17) is 24.7 Å². The summed E-state index contributed by atoms with van der Waals surface area (Å²) in [6.07, 6.45) is 0.115. The Morgan fingerprint density at radius 2 is 1.78 bits per heavy atom. The summed E-state index contributed by atoms with van der Waals surface area (Å²) < 4.78 is 21.6. The maximum absolute atomic E-state index is 12.3. The second kappa shape index (κ2) is 23.7. The molecular weight excluding hydrogens is 476 g/mol. The van der Waals surface area contributed by atoms with Crippen LogP contribution in [0.3, 0.4) is 0 Å². The third kappa shape index (κ3) is 20.1. The molecule has 0 aliphatic heterocycles. The average Bonchev–Trinajstić information content (AvgIpc) is 2.90. The van der Waals surface area contributed by atoms with Gasteiger partial charge < -0.3 is 40.6 Å². The van der Waals surface area contributed by atoms with Crippen LogP contribution in [0.2, 0.25) is 0 Å². The van der Waals surface area contributed by atoms with E-state index >= 15 is 0 Å². The lowest BCUT2D eigenvalue weighted by molar-refractivity contribution is -0.126. The number of ether oxygens (including phenoxy) is 4. The Morgan fingerprint density at radius 3 is 2.51 bits per heavy atom. The molecule has 210 valence electrons. The van der Waals surface area contributed by atoms with Gasteiger partial charge in [0.1, 0.15) is 31.8 Å². The molecule has 0 aromatic heterocycles. The Kier molecular flexibility index (Phi) is 22.0. The molecule has 2 amide bonds. The molecule has 0 bridgehead atoms. The summed E-state index contributed by atoms with van der Waals surface area (Å²) in [5.41, 5.74) is 6.40. The van der Waals surface area contributed by atoms with Gasteiger partial charge in [-0.05, 0) is 18.2 Å². The van der Waals surface area contributed by atoms with Gasteiger partial charge in [-0.3, -0.25) is 9.59 Å². The first-order valence-electron chi connectivity index (χ1n) is 12.9. The summed E-state index contributed by atoms with van der Waals surface area (Å²) in [7, 11) is 0. The monoisotopic (exact) mass is 522 g/mol. The highest BCUT2D eigenvalue weighted by atomic mass is 16.6. The fourth-order valence-electron chi connectivity index (χ4n) is 2.63. The Morgan fingerprint density at radius 1 is 1.00 bits per heavy atom. The van der Waals surface area contributed by atoms with Gasteiger partial charge in [0.15, 0.2) is 0 Å². The summed E-state index contributed by atoms with van der Waals surface area (Å²) >= 11 is 0. The van der Waals surface area contributed by atoms with Gasteiger partial charge in [-0.25, -0.2) is 0 Å². The highest BCUT2D eigenvalue weighted by Crippen LogP contribution is 2.13. The first kappa shape index (κ1) is 34.3. The van der Waals surface area contributed by atoms with Crippen LogP contribution in [0.5, 0.6) is 5.75 Å². The molecule has 0 aliphatic rings. The molecule has 1 aromatic rings. The number of nitrogens with one attached hydrogen (secondary N) is 3. The fraction of sp³-hybridized carbons (Fsp3) is 0.630. The smallest absolute Gasteiger partial charge is 0.251 e. The van der Waals surface area contributed by atoms with Crippen molar-refractivity contribution >= 4 is 11.8 Å². The van der Waals surface area contributed by atoms with E-state index in [-0.39, 0.29) is 38.2 Å². The fourth-order valence-corrected chi connectivity index (χ4v) is 2.63. The van der Waals surface area contributed by atoms with Crippen LogP contribution in [-0.2, 0) is 19.0 Å². The van der Waals surface area contributed by atoms with E-state index in [9.17, 15) is 9.59 Å². The zero-order valence-electron chi connectivity index (χ0n) is 23.1. The van der Waals surface area contributed by atoms with Crippen LogP contribution in [-0.4, -0.2) is 83.4 Å². The normalized spacial score (nSPS) is 11.0. The van der Waals surface area contributed by atoms with E-state index < -0.39 is 6.23 Å². The minimum absolute atomic E-state index is 0.0763. The molecule has 0 spiro atoms.